The van der Waals surface area contributed by atoms with Crippen molar-refractivity contribution in [3.63, 3.8) is 0 Å². The number of Topliss-reactive ketones (excluding diaryl/α,β-unsaturated/α-hetero) is 1. The summed E-state index contributed by atoms with van der Waals surface area (Å²) in [7, 11) is 0. The van der Waals surface area contributed by atoms with Crippen molar-refractivity contribution in [3.05, 3.63) is 39.9 Å². The SMILES string of the molecule is CCC(=O)CC.O=[N+]([O-])c1ccccc1C1CCCCC1. The van der Waals surface area contributed by atoms with Gasteiger partial charge < -0.3 is 0 Å². The monoisotopic (exact) mass is 291 g/mol. The Morgan fingerprint density at radius 3 is 2.19 bits per heavy atom. The summed E-state index contributed by atoms with van der Waals surface area (Å²) in [6, 6.07) is 7.17. The normalized spacial score (nSPS) is 15.0. The Labute approximate surface area is 126 Å². The lowest BCUT2D eigenvalue weighted by molar-refractivity contribution is -0.385. The summed E-state index contributed by atoms with van der Waals surface area (Å²) in [4.78, 5) is 20.8. The molecule has 1 aliphatic carbocycles. The third kappa shape index (κ3) is 5.66. The molecule has 1 aliphatic rings. The quantitative estimate of drug-likeness (QED) is 0.578. The van der Waals surface area contributed by atoms with Crippen LogP contribution in [0.25, 0.3) is 0 Å². The van der Waals surface area contributed by atoms with E-state index in [1.807, 2.05) is 26.0 Å². The van der Waals surface area contributed by atoms with Crippen molar-refractivity contribution >= 4 is 11.5 Å². The molecule has 4 nitrogen and oxygen atoms in total. The van der Waals surface area contributed by atoms with Crippen LogP contribution in [0.4, 0.5) is 5.69 Å². The molecule has 0 heterocycles. The van der Waals surface area contributed by atoms with E-state index in [1.54, 1.807) is 12.1 Å². The Morgan fingerprint density at radius 1 is 1.14 bits per heavy atom. The van der Waals surface area contributed by atoms with E-state index in [-0.39, 0.29) is 4.92 Å². The van der Waals surface area contributed by atoms with Crippen LogP contribution in [0.15, 0.2) is 24.3 Å². The third-order valence-corrected chi connectivity index (χ3v) is 3.97. The second kappa shape index (κ2) is 9.27. The van der Waals surface area contributed by atoms with Gasteiger partial charge in [0.1, 0.15) is 5.78 Å². The van der Waals surface area contributed by atoms with E-state index in [4.69, 9.17) is 0 Å². The number of nitrogens with zero attached hydrogens (tertiary/aromatic N) is 1. The number of carbonyl (C=O) groups excluding carboxylic acids is 1. The van der Waals surface area contributed by atoms with Crippen molar-refractivity contribution in [1.82, 2.24) is 0 Å². The lowest BCUT2D eigenvalue weighted by atomic mass is 9.83. The Bertz CT molecular complexity index is 459. The standard InChI is InChI=1S/C12H15NO2.C5H10O/c14-13(15)12-9-5-4-8-11(12)10-6-2-1-3-7-10;1-3-5(6)4-2/h4-5,8-10H,1-3,6-7H2;3-4H2,1-2H3. The molecule has 4 heteroatoms. The van der Waals surface area contributed by atoms with Crippen molar-refractivity contribution in [2.75, 3.05) is 0 Å². The van der Waals surface area contributed by atoms with Gasteiger partial charge in [-0.1, -0.05) is 51.3 Å². The predicted octanol–water partition coefficient (Wildman–Crippen LogP) is 5.02. The molecule has 0 N–H and O–H groups in total. The van der Waals surface area contributed by atoms with Gasteiger partial charge in [0.2, 0.25) is 0 Å². The van der Waals surface area contributed by atoms with E-state index in [1.165, 1.54) is 19.3 Å². The first-order chi connectivity index (χ1) is 10.1. The second-order valence-electron chi connectivity index (χ2n) is 5.40. The molecule has 1 fully saturated rings. The molecule has 2 rings (SSSR count). The van der Waals surface area contributed by atoms with Gasteiger partial charge >= 0.3 is 0 Å². The van der Waals surface area contributed by atoms with Crippen LogP contribution < -0.4 is 0 Å². The van der Waals surface area contributed by atoms with Crippen molar-refractivity contribution in [3.8, 4) is 0 Å². The number of ketones is 1. The summed E-state index contributed by atoms with van der Waals surface area (Å²) in [5.74, 6) is 0.746. The molecule has 0 spiro atoms. The number of carbonyl (C=O) groups is 1. The average molecular weight is 291 g/mol. The maximum absolute atomic E-state index is 10.9. The van der Waals surface area contributed by atoms with Crippen molar-refractivity contribution in [1.29, 1.82) is 0 Å². The van der Waals surface area contributed by atoms with Crippen LogP contribution in [0.2, 0.25) is 0 Å². The zero-order valence-electron chi connectivity index (χ0n) is 13.0. The number of nitro groups is 1. The maximum Gasteiger partial charge on any atom is 0.272 e. The molecule has 0 unspecified atom stereocenters. The molecule has 21 heavy (non-hydrogen) atoms. The summed E-state index contributed by atoms with van der Waals surface area (Å²) < 4.78 is 0. The third-order valence-electron chi connectivity index (χ3n) is 3.97. The Balaban J connectivity index is 0.000000315. The summed E-state index contributed by atoms with van der Waals surface area (Å²) in [6.45, 7) is 3.76. The molecule has 0 atom stereocenters. The lowest BCUT2D eigenvalue weighted by Gasteiger charge is -2.21. The summed E-state index contributed by atoms with van der Waals surface area (Å²) >= 11 is 0. The van der Waals surface area contributed by atoms with Gasteiger partial charge in [-0.05, 0) is 18.8 Å². The van der Waals surface area contributed by atoms with Gasteiger partial charge in [0.15, 0.2) is 0 Å². The first-order valence-corrected chi connectivity index (χ1v) is 7.85. The lowest BCUT2D eigenvalue weighted by Crippen LogP contribution is -2.06. The number of hydrogen-bond acceptors (Lipinski definition) is 3. The van der Waals surface area contributed by atoms with Crippen LogP contribution >= 0.6 is 0 Å². The first kappa shape index (κ1) is 17.3. The van der Waals surface area contributed by atoms with Crippen LogP contribution in [0.1, 0.15) is 70.3 Å². The fourth-order valence-corrected chi connectivity index (χ4v) is 2.66. The summed E-state index contributed by atoms with van der Waals surface area (Å²) in [5.41, 5.74) is 1.23. The number of nitro benzene ring substituents is 1. The Hall–Kier alpha value is -1.71. The highest BCUT2D eigenvalue weighted by atomic mass is 16.6. The van der Waals surface area contributed by atoms with Gasteiger partial charge in [-0.25, -0.2) is 0 Å². The molecule has 0 aliphatic heterocycles. The fourth-order valence-electron chi connectivity index (χ4n) is 2.66. The summed E-state index contributed by atoms with van der Waals surface area (Å²) in [6.07, 6.45) is 7.27. The van der Waals surface area contributed by atoms with Gasteiger partial charge in [-0.15, -0.1) is 0 Å². The van der Waals surface area contributed by atoms with Gasteiger partial charge in [0.25, 0.3) is 5.69 Å². The minimum atomic E-state index is -0.260. The molecule has 0 saturated heterocycles. The minimum Gasteiger partial charge on any atom is -0.300 e. The van der Waals surface area contributed by atoms with Crippen molar-refractivity contribution in [2.24, 2.45) is 0 Å². The van der Waals surface area contributed by atoms with Crippen molar-refractivity contribution < 1.29 is 9.72 Å². The number of hydrogen-bond donors (Lipinski definition) is 0. The van der Waals surface area contributed by atoms with E-state index in [0.717, 1.165) is 18.4 Å². The van der Waals surface area contributed by atoms with Crippen LogP contribution in [0.5, 0.6) is 0 Å². The topological polar surface area (TPSA) is 60.2 Å². The van der Waals surface area contributed by atoms with Crippen molar-refractivity contribution in [2.45, 2.75) is 64.7 Å². The van der Waals surface area contributed by atoms with Crippen LogP contribution in [-0.2, 0) is 4.79 Å². The zero-order valence-corrected chi connectivity index (χ0v) is 13.0. The maximum atomic E-state index is 10.9. The molecule has 0 radical (unpaired) electrons. The van der Waals surface area contributed by atoms with E-state index < -0.39 is 0 Å². The molecular formula is C17H25NO3. The molecule has 1 saturated carbocycles. The Kier molecular flexibility index (Phi) is 7.65. The molecule has 0 bridgehead atoms. The highest BCUT2D eigenvalue weighted by molar-refractivity contribution is 5.77. The van der Waals surface area contributed by atoms with Gasteiger partial charge in [-0.2, -0.15) is 0 Å². The predicted molar refractivity (Wildman–Crippen MR) is 84.5 cm³/mol. The zero-order chi connectivity index (χ0) is 15.7. The molecule has 116 valence electrons. The molecular weight excluding hydrogens is 266 g/mol. The molecule has 1 aromatic carbocycles. The number of benzene rings is 1. The first-order valence-electron chi connectivity index (χ1n) is 7.85. The highest BCUT2D eigenvalue weighted by Gasteiger charge is 2.22. The van der Waals surface area contributed by atoms with Gasteiger partial charge in [0, 0.05) is 24.5 Å². The largest absolute Gasteiger partial charge is 0.300 e. The second-order valence-corrected chi connectivity index (χ2v) is 5.40. The van der Waals surface area contributed by atoms with Gasteiger partial charge in [-0.3, -0.25) is 14.9 Å². The molecule has 0 amide bonds. The smallest absolute Gasteiger partial charge is 0.272 e. The van der Waals surface area contributed by atoms with Crippen LogP contribution in [0, 0.1) is 10.1 Å². The fraction of sp³-hybridized carbons (Fsp3) is 0.588. The highest BCUT2D eigenvalue weighted by Crippen LogP contribution is 2.36. The minimum absolute atomic E-state index is 0.260. The van der Waals surface area contributed by atoms with Crippen LogP contribution in [-0.4, -0.2) is 10.7 Å². The summed E-state index contributed by atoms with van der Waals surface area (Å²) in [5, 5.41) is 10.9. The van der Waals surface area contributed by atoms with E-state index in [9.17, 15) is 14.9 Å². The number of para-hydroxylation sites is 1. The molecule has 0 aromatic heterocycles. The molecule has 1 aromatic rings. The van der Waals surface area contributed by atoms with Gasteiger partial charge in [0.05, 0.1) is 4.92 Å². The number of rotatable bonds is 4. The van der Waals surface area contributed by atoms with Crippen LogP contribution in [0.3, 0.4) is 0 Å². The van der Waals surface area contributed by atoms with E-state index in [0.29, 0.717) is 30.2 Å². The Morgan fingerprint density at radius 2 is 1.71 bits per heavy atom. The van der Waals surface area contributed by atoms with E-state index in [2.05, 4.69) is 0 Å². The average Bonchev–Trinajstić information content (AvgIpc) is 2.55. The van der Waals surface area contributed by atoms with E-state index >= 15 is 0 Å².